The molecule has 1 atom stereocenters. The summed E-state index contributed by atoms with van der Waals surface area (Å²) in [6.45, 7) is 1.13. The molecule has 0 aromatic rings. The molecule has 72 valence electrons. The van der Waals surface area contributed by atoms with E-state index in [1.165, 1.54) is 25.7 Å². The third-order valence-electron chi connectivity index (χ3n) is 2.81. The molecule has 1 aliphatic carbocycles. The molecule has 1 unspecified atom stereocenters. The molecule has 12 heavy (non-hydrogen) atoms. The maximum absolute atomic E-state index is 6.01. The van der Waals surface area contributed by atoms with Crippen molar-refractivity contribution in [1.82, 2.24) is 4.90 Å². The average Bonchev–Trinajstić information content (AvgIpc) is 1.93. The van der Waals surface area contributed by atoms with Crippen molar-refractivity contribution in [2.45, 2.75) is 38.1 Å². The van der Waals surface area contributed by atoms with Crippen LogP contribution in [0.5, 0.6) is 0 Å². The van der Waals surface area contributed by atoms with E-state index in [1.807, 2.05) is 0 Å². The Kier molecular flexibility index (Phi) is 4.02. The van der Waals surface area contributed by atoms with Gasteiger partial charge in [-0.15, -0.1) is 0 Å². The Labute approximate surface area is 76.1 Å². The summed E-state index contributed by atoms with van der Waals surface area (Å²) in [7, 11) is 4.21. The van der Waals surface area contributed by atoms with Crippen LogP contribution >= 0.6 is 0 Å². The van der Waals surface area contributed by atoms with Crippen LogP contribution in [0.2, 0.25) is 0 Å². The van der Waals surface area contributed by atoms with E-state index in [9.17, 15) is 0 Å². The van der Waals surface area contributed by atoms with Crippen LogP contribution in [0.15, 0.2) is 0 Å². The first-order valence-corrected chi connectivity index (χ1v) is 5.09. The van der Waals surface area contributed by atoms with Gasteiger partial charge in [0.1, 0.15) is 0 Å². The Morgan fingerprint density at radius 1 is 1.42 bits per heavy atom. The fourth-order valence-electron chi connectivity index (χ4n) is 1.70. The topological polar surface area (TPSA) is 29.3 Å². The number of hydrogen-bond donors (Lipinski definition) is 1. The van der Waals surface area contributed by atoms with Crippen molar-refractivity contribution in [2.75, 3.05) is 20.6 Å². The first kappa shape index (κ1) is 10.0. The van der Waals surface area contributed by atoms with Crippen molar-refractivity contribution in [3.8, 4) is 0 Å². The Hall–Kier alpha value is -0.0800. The summed E-state index contributed by atoms with van der Waals surface area (Å²) in [6.07, 6.45) is 6.70. The minimum atomic E-state index is 0.442. The molecule has 0 aromatic carbocycles. The summed E-state index contributed by atoms with van der Waals surface area (Å²) >= 11 is 0. The molecule has 2 N–H and O–H groups in total. The van der Waals surface area contributed by atoms with E-state index in [-0.39, 0.29) is 0 Å². The van der Waals surface area contributed by atoms with Gasteiger partial charge in [-0.3, -0.25) is 0 Å². The molecule has 0 radical (unpaired) electrons. The predicted molar refractivity (Wildman–Crippen MR) is 53.1 cm³/mol. The second kappa shape index (κ2) is 4.83. The SMILES string of the molecule is CN(C)CCC(N)CC1CCC1. The van der Waals surface area contributed by atoms with E-state index in [2.05, 4.69) is 19.0 Å². The molecule has 0 heterocycles. The molecule has 2 nitrogen and oxygen atoms in total. The van der Waals surface area contributed by atoms with Crippen LogP contribution in [-0.4, -0.2) is 31.6 Å². The Morgan fingerprint density at radius 3 is 2.50 bits per heavy atom. The Bertz CT molecular complexity index is 119. The van der Waals surface area contributed by atoms with Gasteiger partial charge in [-0.05, 0) is 39.4 Å². The number of rotatable bonds is 5. The lowest BCUT2D eigenvalue weighted by molar-refractivity contribution is 0.262. The molecule has 0 saturated heterocycles. The van der Waals surface area contributed by atoms with Gasteiger partial charge in [0.25, 0.3) is 0 Å². The molecule has 1 aliphatic rings. The van der Waals surface area contributed by atoms with Crippen LogP contribution in [0, 0.1) is 5.92 Å². The molecule has 1 saturated carbocycles. The van der Waals surface area contributed by atoms with Crippen LogP contribution in [0.4, 0.5) is 0 Å². The summed E-state index contributed by atoms with van der Waals surface area (Å²) in [5.41, 5.74) is 6.01. The number of nitrogens with two attached hydrogens (primary N) is 1. The Balaban J connectivity index is 1.98. The summed E-state index contributed by atoms with van der Waals surface area (Å²) in [6, 6.07) is 0.442. The summed E-state index contributed by atoms with van der Waals surface area (Å²) in [4.78, 5) is 2.21. The monoisotopic (exact) mass is 170 g/mol. The van der Waals surface area contributed by atoms with Gasteiger partial charge in [-0.2, -0.15) is 0 Å². The van der Waals surface area contributed by atoms with Crippen LogP contribution in [0.25, 0.3) is 0 Å². The lowest BCUT2D eigenvalue weighted by atomic mass is 9.80. The molecule has 0 aliphatic heterocycles. The van der Waals surface area contributed by atoms with Gasteiger partial charge < -0.3 is 10.6 Å². The quantitative estimate of drug-likeness (QED) is 0.677. The van der Waals surface area contributed by atoms with Crippen molar-refractivity contribution < 1.29 is 0 Å². The standard InChI is InChI=1S/C10H22N2/c1-12(2)7-6-10(11)8-9-4-3-5-9/h9-10H,3-8,11H2,1-2H3. The summed E-state index contributed by atoms with van der Waals surface area (Å²) < 4.78 is 0. The smallest absolute Gasteiger partial charge is 0.00536 e. The third-order valence-corrected chi connectivity index (χ3v) is 2.81. The predicted octanol–water partition coefficient (Wildman–Crippen LogP) is 1.46. The highest BCUT2D eigenvalue weighted by atomic mass is 15.0. The molecule has 1 rings (SSSR count). The average molecular weight is 170 g/mol. The number of hydrogen-bond acceptors (Lipinski definition) is 2. The van der Waals surface area contributed by atoms with Gasteiger partial charge in [0.2, 0.25) is 0 Å². The second-order valence-corrected chi connectivity index (χ2v) is 4.38. The van der Waals surface area contributed by atoms with Gasteiger partial charge in [-0.25, -0.2) is 0 Å². The van der Waals surface area contributed by atoms with Crippen molar-refractivity contribution in [1.29, 1.82) is 0 Å². The molecule has 0 amide bonds. The van der Waals surface area contributed by atoms with Gasteiger partial charge in [0.05, 0.1) is 0 Å². The van der Waals surface area contributed by atoms with E-state index in [4.69, 9.17) is 5.73 Å². The number of nitrogens with zero attached hydrogens (tertiary/aromatic N) is 1. The van der Waals surface area contributed by atoms with Crippen molar-refractivity contribution in [3.05, 3.63) is 0 Å². The zero-order valence-corrected chi connectivity index (χ0v) is 8.42. The molecule has 0 aromatic heterocycles. The summed E-state index contributed by atoms with van der Waals surface area (Å²) in [5.74, 6) is 0.960. The largest absolute Gasteiger partial charge is 0.328 e. The molecule has 1 fully saturated rings. The molecular formula is C10H22N2. The van der Waals surface area contributed by atoms with Crippen LogP contribution < -0.4 is 5.73 Å². The minimum Gasteiger partial charge on any atom is -0.328 e. The van der Waals surface area contributed by atoms with Crippen LogP contribution in [0.3, 0.4) is 0 Å². The first-order chi connectivity index (χ1) is 5.68. The normalized spacial score (nSPS) is 21.0. The first-order valence-electron chi connectivity index (χ1n) is 5.09. The maximum Gasteiger partial charge on any atom is 0.00536 e. The zero-order valence-electron chi connectivity index (χ0n) is 8.42. The molecule has 0 bridgehead atoms. The fourth-order valence-corrected chi connectivity index (χ4v) is 1.70. The van der Waals surface area contributed by atoms with E-state index >= 15 is 0 Å². The lowest BCUT2D eigenvalue weighted by Crippen LogP contribution is -2.30. The van der Waals surface area contributed by atoms with Crippen molar-refractivity contribution >= 4 is 0 Å². The van der Waals surface area contributed by atoms with Crippen molar-refractivity contribution in [3.63, 3.8) is 0 Å². The highest BCUT2D eigenvalue weighted by Crippen LogP contribution is 2.30. The summed E-state index contributed by atoms with van der Waals surface area (Å²) in [5, 5.41) is 0. The van der Waals surface area contributed by atoms with Crippen LogP contribution in [-0.2, 0) is 0 Å². The van der Waals surface area contributed by atoms with Gasteiger partial charge in [0, 0.05) is 6.04 Å². The van der Waals surface area contributed by atoms with E-state index in [0.29, 0.717) is 6.04 Å². The highest BCUT2D eigenvalue weighted by Gasteiger charge is 2.19. The second-order valence-electron chi connectivity index (χ2n) is 4.38. The van der Waals surface area contributed by atoms with Crippen molar-refractivity contribution in [2.24, 2.45) is 11.7 Å². The fraction of sp³-hybridized carbons (Fsp3) is 1.00. The maximum atomic E-state index is 6.01. The molecular weight excluding hydrogens is 148 g/mol. The highest BCUT2D eigenvalue weighted by molar-refractivity contribution is 4.75. The third kappa shape index (κ3) is 3.55. The van der Waals surface area contributed by atoms with E-state index in [1.54, 1.807) is 0 Å². The van der Waals surface area contributed by atoms with Crippen LogP contribution in [0.1, 0.15) is 32.1 Å². The Morgan fingerprint density at radius 2 is 2.08 bits per heavy atom. The minimum absolute atomic E-state index is 0.442. The lowest BCUT2D eigenvalue weighted by Gasteiger charge is -2.28. The molecule has 2 heteroatoms. The van der Waals surface area contributed by atoms with Gasteiger partial charge in [0.15, 0.2) is 0 Å². The van der Waals surface area contributed by atoms with Gasteiger partial charge in [-0.1, -0.05) is 19.3 Å². The zero-order chi connectivity index (χ0) is 8.97. The van der Waals surface area contributed by atoms with E-state index < -0.39 is 0 Å². The van der Waals surface area contributed by atoms with Gasteiger partial charge >= 0.3 is 0 Å². The van der Waals surface area contributed by atoms with E-state index in [0.717, 1.165) is 18.9 Å². The molecule has 0 spiro atoms.